The molecular weight excluding hydrogens is 298 g/mol. The molecular formula is C10H10ClNO6S. The fourth-order valence-corrected chi connectivity index (χ4v) is 1.76. The van der Waals surface area contributed by atoms with Crippen LogP contribution in [0.4, 0.5) is 0 Å². The van der Waals surface area contributed by atoms with Gasteiger partial charge in [0.15, 0.2) is 0 Å². The van der Waals surface area contributed by atoms with Crippen molar-refractivity contribution in [2.45, 2.75) is 6.92 Å². The standard InChI is InChI=1S/C10H10NO2S.ClHO4/c1-7-11-14-10(13-7)8-3-5-9(12-2)6-4-8;2-1(3,4)5/h3-6H,1-2H3;(H,2,3,4,5)/q+1;/p-1. The molecule has 1 heterocycles. The fraction of sp³-hybridized carbons (Fsp3) is 0.200. The number of halogens is 1. The molecule has 1 aromatic carbocycles. The Morgan fingerprint density at radius 1 is 1.16 bits per heavy atom. The van der Waals surface area contributed by atoms with E-state index >= 15 is 0 Å². The van der Waals surface area contributed by atoms with Gasteiger partial charge in [-0.2, -0.15) is 4.42 Å². The first-order valence-corrected chi connectivity index (χ1v) is 6.83. The second-order valence-electron chi connectivity index (χ2n) is 3.20. The molecule has 0 unspecified atom stereocenters. The van der Waals surface area contributed by atoms with Crippen molar-refractivity contribution in [1.29, 1.82) is 0 Å². The molecule has 0 radical (unpaired) electrons. The molecule has 9 heteroatoms. The van der Waals surface area contributed by atoms with Crippen LogP contribution in [0.2, 0.25) is 0 Å². The topological polar surface area (TPSA) is 126 Å². The maximum Gasteiger partial charge on any atom is 0.436 e. The highest BCUT2D eigenvalue weighted by Gasteiger charge is 2.17. The molecule has 104 valence electrons. The first-order valence-electron chi connectivity index (χ1n) is 4.82. The molecule has 0 aliphatic carbocycles. The molecule has 0 N–H and O–H groups in total. The van der Waals surface area contributed by atoms with Gasteiger partial charge in [0.25, 0.3) is 0 Å². The van der Waals surface area contributed by atoms with Gasteiger partial charge in [-0.05, 0) is 24.3 Å². The van der Waals surface area contributed by atoms with E-state index in [1.807, 2.05) is 31.2 Å². The van der Waals surface area contributed by atoms with Crippen molar-refractivity contribution in [2.24, 2.45) is 0 Å². The minimum Gasteiger partial charge on any atom is -0.497 e. The highest BCUT2D eigenvalue weighted by Crippen LogP contribution is 2.26. The first-order chi connectivity index (χ1) is 8.79. The summed E-state index contributed by atoms with van der Waals surface area (Å²) in [6.07, 6.45) is 0. The van der Waals surface area contributed by atoms with Crippen LogP contribution in [0.25, 0.3) is 10.6 Å². The molecule has 2 rings (SSSR count). The van der Waals surface area contributed by atoms with Crippen LogP contribution >= 0.6 is 11.5 Å². The van der Waals surface area contributed by atoms with Crippen molar-refractivity contribution < 1.29 is 38.0 Å². The third-order valence-electron chi connectivity index (χ3n) is 1.82. The van der Waals surface area contributed by atoms with E-state index < -0.39 is 10.2 Å². The lowest BCUT2D eigenvalue weighted by atomic mass is 10.2. The van der Waals surface area contributed by atoms with Crippen LogP contribution in [0.1, 0.15) is 5.89 Å². The summed E-state index contributed by atoms with van der Waals surface area (Å²) in [5, 5.41) is 0.824. The largest absolute Gasteiger partial charge is 0.497 e. The molecule has 0 fully saturated rings. The molecule has 0 spiro atoms. The number of nitrogens with zero attached hydrogens (tertiary/aromatic N) is 1. The van der Waals surface area contributed by atoms with Crippen LogP contribution in [-0.4, -0.2) is 11.5 Å². The molecule has 1 aromatic heterocycles. The summed E-state index contributed by atoms with van der Waals surface area (Å²) in [6, 6.07) is 7.71. The second-order valence-corrected chi connectivity index (χ2v) is 4.69. The average molecular weight is 308 g/mol. The van der Waals surface area contributed by atoms with Gasteiger partial charge in [-0.25, -0.2) is 18.6 Å². The Hall–Kier alpha value is -1.29. The summed E-state index contributed by atoms with van der Waals surface area (Å²) in [5.41, 5.74) is 1.02. The van der Waals surface area contributed by atoms with Crippen molar-refractivity contribution in [3.63, 3.8) is 0 Å². The maximum absolute atomic E-state index is 8.49. The van der Waals surface area contributed by atoms with E-state index in [0.717, 1.165) is 16.4 Å². The Morgan fingerprint density at radius 3 is 2.05 bits per heavy atom. The van der Waals surface area contributed by atoms with E-state index in [9.17, 15) is 0 Å². The summed E-state index contributed by atoms with van der Waals surface area (Å²) in [7, 11) is -3.30. The average Bonchev–Trinajstić information content (AvgIpc) is 2.74. The summed E-state index contributed by atoms with van der Waals surface area (Å²) >= 11 is 1.36. The van der Waals surface area contributed by atoms with E-state index in [-0.39, 0.29) is 0 Å². The number of aryl methyl sites for hydroxylation is 1. The predicted molar refractivity (Wildman–Crippen MR) is 55.5 cm³/mol. The van der Waals surface area contributed by atoms with E-state index in [2.05, 4.69) is 4.37 Å². The van der Waals surface area contributed by atoms with E-state index in [1.165, 1.54) is 11.5 Å². The van der Waals surface area contributed by atoms with Gasteiger partial charge in [0.05, 0.1) is 31.1 Å². The lowest BCUT2D eigenvalue weighted by Crippen LogP contribution is -2.68. The normalized spacial score (nSPS) is 10.6. The molecule has 0 bridgehead atoms. The molecule has 19 heavy (non-hydrogen) atoms. The number of hydrogen-bond donors (Lipinski definition) is 0. The van der Waals surface area contributed by atoms with Crippen LogP contribution in [0.15, 0.2) is 28.7 Å². The first kappa shape index (κ1) is 15.8. The second kappa shape index (κ2) is 6.75. The van der Waals surface area contributed by atoms with E-state index in [4.69, 9.17) is 27.8 Å². The maximum atomic E-state index is 8.49. The Bertz CT molecular complexity index is 503. The van der Waals surface area contributed by atoms with Gasteiger partial charge < -0.3 is 4.74 Å². The molecule has 2 aromatic rings. The van der Waals surface area contributed by atoms with Gasteiger partial charge in [0, 0.05) is 0 Å². The molecule has 0 aliphatic heterocycles. The van der Waals surface area contributed by atoms with Gasteiger partial charge >= 0.3 is 11.0 Å². The number of ether oxygens (including phenoxy) is 1. The SMILES string of the molecule is COc1ccc(-c2[o+]c(C)ns2)cc1.[O-][Cl+3]([O-])([O-])[O-]. The number of aromatic nitrogens is 1. The summed E-state index contributed by atoms with van der Waals surface area (Å²) in [4.78, 5) is 0. The van der Waals surface area contributed by atoms with Crippen LogP contribution < -0.4 is 23.4 Å². The number of rotatable bonds is 2. The van der Waals surface area contributed by atoms with Crippen molar-refractivity contribution >= 4 is 11.5 Å². The van der Waals surface area contributed by atoms with Crippen molar-refractivity contribution in [2.75, 3.05) is 7.11 Å². The molecule has 0 saturated heterocycles. The van der Waals surface area contributed by atoms with E-state index in [1.54, 1.807) is 7.11 Å². The number of methoxy groups -OCH3 is 1. The Labute approximate surface area is 115 Å². The molecule has 0 amide bonds. The zero-order valence-electron chi connectivity index (χ0n) is 9.99. The minimum absolute atomic E-state index is 0.695. The predicted octanol–water partition coefficient (Wildman–Crippen LogP) is -1.75. The van der Waals surface area contributed by atoms with Gasteiger partial charge in [-0.1, -0.05) is 4.37 Å². The fourth-order valence-electron chi connectivity index (χ4n) is 1.12. The van der Waals surface area contributed by atoms with Crippen molar-refractivity contribution in [3.05, 3.63) is 30.2 Å². The quantitative estimate of drug-likeness (QED) is 0.602. The summed E-state index contributed by atoms with van der Waals surface area (Å²) in [6.45, 7) is 1.84. The van der Waals surface area contributed by atoms with E-state index in [0.29, 0.717) is 5.89 Å². The van der Waals surface area contributed by atoms with Gasteiger partial charge in [0.1, 0.15) is 5.75 Å². The number of hydrogen-bond acceptors (Lipinski definition) is 7. The smallest absolute Gasteiger partial charge is 0.436 e. The highest BCUT2D eigenvalue weighted by atomic mass is 35.7. The van der Waals surface area contributed by atoms with Crippen LogP contribution in [0, 0.1) is 17.2 Å². The van der Waals surface area contributed by atoms with Gasteiger partial charge in [-0.15, -0.1) is 10.2 Å². The molecule has 0 aliphatic rings. The Balaban J connectivity index is 0.000000312. The van der Waals surface area contributed by atoms with Crippen LogP contribution in [-0.2, 0) is 0 Å². The minimum atomic E-state index is -4.94. The lowest BCUT2D eigenvalue weighted by Gasteiger charge is -2.17. The summed E-state index contributed by atoms with van der Waals surface area (Å²) in [5.74, 6) is 1.54. The Morgan fingerprint density at radius 2 is 1.68 bits per heavy atom. The summed E-state index contributed by atoms with van der Waals surface area (Å²) < 4.78 is 48.5. The third-order valence-corrected chi connectivity index (χ3v) is 2.66. The van der Waals surface area contributed by atoms with Gasteiger partial charge in [0.2, 0.25) is 0 Å². The molecule has 7 nitrogen and oxygen atoms in total. The van der Waals surface area contributed by atoms with Crippen LogP contribution in [0.3, 0.4) is 0 Å². The molecule has 0 atom stereocenters. The van der Waals surface area contributed by atoms with Crippen molar-refractivity contribution in [1.82, 2.24) is 4.37 Å². The highest BCUT2D eigenvalue weighted by molar-refractivity contribution is 7.08. The van der Waals surface area contributed by atoms with Crippen molar-refractivity contribution in [3.8, 4) is 16.4 Å². The Kier molecular flexibility index (Phi) is 5.60. The lowest BCUT2D eigenvalue weighted by molar-refractivity contribution is -2.00. The molecule has 0 saturated carbocycles. The monoisotopic (exact) mass is 307 g/mol. The zero-order valence-corrected chi connectivity index (χ0v) is 11.6. The third kappa shape index (κ3) is 6.43. The number of benzene rings is 1. The van der Waals surface area contributed by atoms with Gasteiger partial charge in [-0.3, -0.25) is 0 Å². The van der Waals surface area contributed by atoms with Crippen LogP contribution in [0.5, 0.6) is 5.75 Å². The zero-order chi connectivity index (χ0) is 14.5.